The summed E-state index contributed by atoms with van der Waals surface area (Å²) in [4.78, 5) is 7.00. The summed E-state index contributed by atoms with van der Waals surface area (Å²) in [5.41, 5.74) is 3.47. The Morgan fingerprint density at radius 2 is 2.07 bits per heavy atom. The SMILES string of the molecule is CCNC(=NCC(c1cnn(C)c1)N(C)C)NC(C)c1cc(C)ccc1OC.I. The Balaban J connectivity index is 0.00000420. The standard InChI is InChI=1S/C21H34N6O.HI/c1-8-22-21(23-13-19(26(4)5)17-12-24-27(6)14-17)25-16(3)18-11-15(2)9-10-20(18)28-7;/h9-12,14,16,19H,8,13H2,1-7H3,(H2,22,23,25);1H. The lowest BCUT2D eigenvalue weighted by Crippen LogP contribution is -2.39. The van der Waals surface area contributed by atoms with E-state index in [9.17, 15) is 0 Å². The van der Waals surface area contributed by atoms with E-state index < -0.39 is 0 Å². The van der Waals surface area contributed by atoms with Crippen LogP contribution in [0.3, 0.4) is 0 Å². The van der Waals surface area contributed by atoms with E-state index in [1.54, 1.807) is 7.11 Å². The molecular formula is C21H35IN6O. The van der Waals surface area contributed by atoms with Gasteiger partial charge < -0.3 is 20.3 Å². The molecule has 0 amide bonds. The number of halogens is 1. The van der Waals surface area contributed by atoms with Crippen LogP contribution in [0.1, 0.15) is 42.6 Å². The van der Waals surface area contributed by atoms with Gasteiger partial charge in [-0.3, -0.25) is 9.67 Å². The molecule has 8 heteroatoms. The molecule has 2 atom stereocenters. The minimum atomic E-state index is 0. The molecule has 1 heterocycles. The number of likely N-dealkylation sites (N-methyl/N-ethyl adjacent to an activating group) is 1. The first-order valence-corrected chi connectivity index (χ1v) is 9.70. The highest BCUT2D eigenvalue weighted by Gasteiger charge is 2.17. The van der Waals surface area contributed by atoms with Gasteiger partial charge in [-0.05, 0) is 40.9 Å². The minimum Gasteiger partial charge on any atom is -0.496 e. The fraction of sp³-hybridized carbons (Fsp3) is 0.524. The average molecular weight is 514 g/mol. The smallest absolute Gasteiger partial charge is 0.191 e. The van der Waals surface area contributed by atoms with E-state index in [-0.39, 0.29) is 36.1 Å². The van der Waals surface area contributed by atoms with Gasteiger partial charge in [0.05, 0.1) is 31.9 Å². The lowest BCUT2D eigenvalue weighted by atomic mass is 10.0. The van der Waals surface area contributed by atoms with Crippen LogP contribution in [0.4, 0.5) is 0 Å². The Bertz CT molecular complexity index is 789. The predicted octanol–water partition coefficient (Wildman–Crippen LogP) is 3.27. The van der Waals surface area contributed by atoms with Crippen LogP contribution in [0.2, 0.25) is 0 Å². The summed E-state index contributed by atoms with van der Waals surface area (Å²) in [5.74, 6) is 1.66. The summed E-state index contributed by atoms with van der Waals surface area (Å²) in [6, 6.07) is 6.44. The van der Waals surface area contributed by atoms with Crippen LogP contribution in [0.15, 0.2) is 35.6 Å². The number of guanidine groups is 1. The van der Waals surface area contributed by atoms with Gasteiger partial charge in [-0.1, -0.05) is 17.7 Å². The Kier molecular flexibility index (Phi) is 10.5. The number of aryl methyl sites for hydroxylation is 2. The third kappa shape index (κ3) is 7.18. The molecule has 2 N–H and O–H groups in total. The van der Waals surface area contributed by atoms with Crippen LogP contribution in [0, 0.1) is 6.92 Å². The average Bonchev–Trinajstić information content (AvgIpc) is 3.07. The van der Waals surface area contributed by atoms with Crippen molar-refractivity contribution in [2.24, 2.45) is 12.0 Å². The van der Waals surface area contributed by atoms with Crippen molar-refractivity contribution >= 4 is 29.9 Å². The van der Waals surface area contributed by atoms with Crippen LogP contribution >= 0.6 is 24.0 Å². The van der Waals surface area contributed by atoms with Crippen molar-refractivity contribution < 1.29 is 4.74 Å². The van der Waals surface area contributed by atoms with Crippen LogP contribution in [0.25, 0.3) is 0 Å². The van der Waals surface area contributed by atoms with Gasteiger partial charge in [0.1, 0.15) is 5.75 Å². The van der Waals surface area contributed by atoms with Crippen LogP contribution < -0.4 is 15.4 Å². The number of benzene rings is 1. The highest BCUT2D eigenvalue weighted by atomic mass is 127. The first-order chi connectivity index (χ1) is 13.3. The van der Waals surface area contributed by atoms with E-state index in [4.69, 9.17) is 9.73 Å². The number of hydrogen-bond acceptors (Lipinski definition) is 4. The van der Waals surface area contributed by atoms with Gasteiger partial charge in [-0.15, -0.1) is 24.0 Å². The molecule has 0 aliphatic carbocycles. The van der Waals surface area contributed by atoms with Crippen molar-refractivity contribution in [1.82, 2.24) is 25.3 Å². The Labute approximate surface area is 191 Å². The molecule has 7 nitrogen and oxygen atoms in total. The molecule has 0 spiro atoms. The van der Waals surface area contributed by atoms with Crippen molar-refractivity contribution in [3.05, 3.63) is 47.3 Å². The molecule has 1 aromatic heterocycles. The predicted molar refractivity (Wildman–Crippen MR) is 130 cm³/mol. The van der Waals surface area contributed by atoms with Crippen molar-refractivity contribution in [2.75, 3.05) is 34.3 Å². The quantitative estimate of drug-likeness (QED) is 0.322. The molecule has 0 radical (unpaired) electrons. The maximum Gasteiger partial charge on any atom is 0.191 e. The molecule has 0 aliphatic rings. The van der Waals surface area contributed by atoms with E-state index in [1.165, 1.54) is 5.56 Å². The molecule has 0 aliphatic heterocycles. The zero-order valence-corrected chi connectivity index (χ0v) is 20.9. The lowest BCUT2D eigenvalue weighted by molar-refractivity contribution is 0.306. The Morgan fingerprint density at radius 3 is 2.62 bits per heavy atom. The fourth-order valence-corrected chi connectivity index (χ4v) is 3.15. The van der Waals surface area contributed by atoms with Crippen LogP contribution in [-0.4, -0.2) is 54.9 Å². The number of hydrogen-bond donors (Lipinski definition) is 2. The number of methoxy groups -OCH3 is 1. The van der Waals surface area contributed by atoms with E-state index in [0.29, 0.717) is 6.54 Å². The van der Waals surface area contributed by atoms with Crippen LogP contribution in [-0.2, 0) is 7.05 Å². The van der Waals surface area contributed by atoms with E-state index in [1.807, 2.05) is 30.2 Å². The van der Waals surface area contributed by atoms with Gasteiger partial charge in [0, 0.05) is 30.9 Å². The van der Waals surface area contributed by atoms with Crippen molar-refractivity contribution in [1.29, 1.82) is 0 Å². The molecule has 0 bridgehead atoms. The normalized spacial score (nSPS) is 13.6. The third-order valence-electron chi connectivity index (χ3n) is 4.70. The highest BCUT2D eigenvalue weighted by molar-refractivity contribution is 14.0. The molecule has 29 heavy (non-hydrogen) atoms. The first kappa shape index (κ1) is 25.2. The number of aromatic nitrogens is 2. The Hall–Kier alpha value is -1.81. The number of aliphatic imine (C=N–C) groups is 1. The molecule has 2 rings (SSSR count). The summed E-state index contributed by atoms with van der Waals surface area (Å²) >= 11 is 0. The lowest BCUT2D eigenvalue weighted by Gasteiger charge is -2.24. The molecule has 0 fully saturated rings. The number of nitrogens with one attached hydrogen (secondary N) is 2. The van der Waals surface area contributed by atoms with Crippen molar-refractivity contribution in [2.45, 2.75) is 32.9 Å². The van der Waals surface area contributed by atoms with E-state index >= 15 is 0 Å². The van der Waals surface area contributed by atoms with Gasteiger partial charge in [-0.25, -0.2) is 0 Å². The zero-order chi connectivity index (χ0) is 20.7. The molecular weight excluding hydrogens is 479 g/mol. The second-order valence-electron chi connectivity index (χ2n) is 7.26. The van der Waals surface area contributed by atoms with Crippen molar-refractivity contribution in [3.63, 3.8) is 0 Å². The summed E-state index contributed by atoms with van der Waals surface area (Å²) < 4.78 is 7.36. The highest BCUT2D eigenvalue weighted by Crippen LogP contribution is 2.26. The molecule has 1 aromatic carbocycles. The molecule has 0 saturated heterocycles. The molecule has 0 saturated carbocycles. The van der Waals surface area contributed by atoms with Gasteiger partial charge in [0.2, 0.25) is 0 Å². The number of rotatable bonds is 8. The van der Waals surface area contributed by atoms with Gasteiger partial charge in [0.25, 0.3) is 0 Å². The van der Waals surface area contributed by atoms with E-state index in [2.05, 4.69) is 67.6 Å². The Morgan fingerprint density at radius 1 is 1.34 bits per heavy atom. The van der Waals surface area contributed by atoms with Gasteiger partial charge in [0.15, 0.2) is 5.96 Å². The van der Waals surface area contributed by atoms with Gasteiger partial charge in [-0.2, -0.15) is 5.10 Å². The number of ether oxygens (including phenoxy) is 1. The van der Waals surface area contributed by atoms with Crippen molar-refractivity contribution in [3.8, 4) is 5.75 Å². The summed E-state index contributed by atoms with van der Waals surface area (Å²) in [5, 5.41) is 11.1. The second-order valence-corrected chi connectivity index (χ2v) is 7.26. The zero-order valence-electron chi connectivity index (χ0n) is 18.6. The molecule has 2 unspecified atom stereocenters. The summed E-state index contributed by atoms with van der Waals surface area (Å²) in [6.45, 7) is 7.70. The number of nitrogens with zero attached hydrogens (tertiary/aromatic N) is 4. The minimum absolute atomic E-state index is 0. The fourth-order valence-electron chi connectivity index (χ4n) is 3.15. The monoisotopic (exact) mass is 514 g/mol. The summed E-state index contributed by atoms with van der Waals surface area (Å²) in [7, 11) is 7.76. The molecule has 2 aromatic rings. The molecule has 162 valence electrons. The topological polar surface area (TPSA) is 66.7 Å². The maximum atomic E-state index is 5.54. The first-order valence-electron chi connectivity index (χ1n) is 9.70. The summed E-state index contributed by atoms with van der Waals surface area (Å²) in [6.07, 6.45) is 3.95. The second kappa shape index (κ2) is 12.0. The van der Waals surface area contributed by atoms with E-state index in [0.717, 1.165) is 29.4 Å². The third-order valence-corrected chi connectivity index (χ3v) is 4.70. The maximum absolute atomic E-state index is 5.54. The van der Waals surface area contributed by atoms with Gasteiger partial charge >= 0.3 is 0 Å². The van der Waals surface area contributed by atoms with Crippen LogP contribution in [0.5, 0.6) is 5.75 Å². The largest absolute Gasteiger partial charge is 0.496 e.